The van der Waals surface area contributed by atoms with E-state index in [0.717, 1.165) is 10.6 Å². The Hall–Kier alpha value is -0.00662. The van der Waals surface area contributed by atoms with Gasteiger partial charge in [-0.3, -0.25) is 0 Å². The molecule has 0 aromatic heterocycles. The standard InChI is InChI=1S/C7H9NS.Zn/c1-5-2-3-6(8)7(9)4-5;/h2-4,9H,8H2,1H3;. The second-order valence-electron chi connectivity index (χ2n) is 2.06. The number of nitrogens with two attached hydrogens (primary N) is 1. The molecule has 1 nitrogen and oxygen atoms in total. The predicted molar refractivity (Wildman–Crippen MR) is 42.8 cm³/mol. The molecule has 0 saturated heterocycles. The molecule has 50 valence electrons. The Morgan fingerprint density at radius 1 is 1.40 bits per heavy atom. The van der Waals surface area contributed by atoms with Gasteiger partial charge in [0, 0.05) is 30.1 Å². The maximum absolute atomic E-state index is 5.51. The van der Waals surface area contributed by atoms with Crippen LogP contribution in [0.4, 0.5) is 5.69 Å². The van der Waals surface area contributed by atoms with E-state index in [1.807, 2.05) is 25.1 Å². The summed E-state index contributed by atoms with van der Waals surface area (Å²) in [5.74, 6) is 0. The minimum Gasteiger partial charge on any atom is -0.398 e. The minimum atomic E-state index is 0. The van der Waals surface area contributed by atoms with Crippen LogP contribution in [-0.4, -0.2) is 0 Å². The molecule has 0 aliphatic carbocycles. The molecule has 0 spiro atoms. The van der Waals surface area contributed by atoms with Gasteiger partial charge in [0.1, 0.15) is 0 Å². The number of thiol groups is 1. The SMILES string of the molecule is Cc1ccc(N)c(S)c1.[Zn]. The summed E-state index contributed by atoms with van der Waals surface area (Å²) in [6.07, 6.45) is 0. The Labute approximate surface area is 79.2 Å². The summed E-state index contributed by atoms with van der Waals surface area (Å²) in [5.41, 5.74) is 7.44. The Kier molecular flexibility index (Phi) is 3.99. The Bertz CT molecular complexity index is 225. The summed E-state index contributed by atoms with van der Waals surface area (Å²) >= 11 is 4.14. The molecule has 0 bridgehead atoms. The number of aryl methyl sites for hydroxylation is 1. The molecule has 0 fully saturated rings. The van der Waals surface area contributed by atoms with E-state index in [4.69, 9.17) is 5.73 Å². The summed E-state index contributed by atoms with van der Waals surface area (Å²) in [6, 6.07) is 5.77. The summed E-state index contributed by atoms with van der Waals surface area (Å²) in [5, 5.41) is 0. The first-order valence-corrected chi connectivity index (χ1v) is 3.20. The molecule has 0 aliphatic heterocycles. The fourth-order valence-electron chi connectivity index (χ4n) is 0.654. The van der Waals surface area contributed by atoms with E-state index >= 15 is 0 Å². The molecule has 1 aromatic rings. The third-order valence-corrected chi connectivity index (χ3v) is 1.57. The van der Waals surface area contributed by atoms with Crippen molar-refractivity contribution in [2.75, 3.05) is 5.73 Å². The average molecular weight is 205 g/mol. The second-order valence-corrected chi connectivity index (χ2v) is 2.54. The van der Waals surface area contributed by atoms with Crippen LogP contribution in [0.5, 0.6) is 0 Å². The summed E-state index contributed by atoms with van der Waals surface area (Å²) < 4.78 is 0. The zero-order valence-electron chi connectivity index (χ0n) is 5.96. The third-order valence-electron chi connectivity index (χ3n) is 1.19. The van der Waals surface area contributed by atoms with Crippen molar-refractivity contribution in [2.45, 2.75) is 11.8 Å². The van der Waals surface area contributed by atoms with Gasteiger partial charge in [0.2, 0.25) is 0 Å². The van der Waals surface area contributed by atoms with Gasteiger partial charge >= 0.3 is 0 Å². The van der Waals surface area contributed by atoms with Crippen molar-refractivity contribution in [1.82, 2.24) is 0 Å². The molecule has 1 rings (SSSR count). The number of rotatable bonds is 0. The number of hydrogen-bond donors (Lipinski definition) is 2. The molecule has 0 aliphatic rings. The summed E-state index contributed by atoms with van der Waals surface area (Å²) in [7, 11) is 0. The molecular formula is C7H9NSZn. The van der Waals surface area contributed by atoms with E-state index in [1.54, 1.807) is 0 Å². The van der Waals surface area contributed by atoms with Crippen LogP contribution in [0.2, 0.25) is 0 Å². The van der Waals surface area contributed by atoms with Crippen LogP contribution in [-0.2, 0) is 19.5 Å². The Morgan fingerprint density at radius 2 is 2.00 bits per heavy atom. The van der Waals surface area contributed by atoms with Gasteiger partial charge in [0.05, 0.1) is 0 Å². The first kappa shape index (κ1) is 9.99. The Morgan fingerprint density at radius 3 is 2.40 bits per heavy atom. The van der Waals surface area contributed by atoms with Crippen LogP contribution in [0.1, 0.15) is 5.56 Å². The Balaban J connectivity index is 0.000000810. The monoisotopic (exact) mass is 203 g/mol. The van der Waals surface area contributed by atoms with Gasteiger partial charge in [-0.05, 0) is 24.6 Å². The van der Waals surface area contributed by atoms with E-state index < -0.39 is 0 Å². The molecule has 0 unspecified atom stereocenters. The van der Waals surface area contributed by atoms with Crippen molar-refractivity contribution >= 4 is 18.3 Å². The van der Waals surface area contributed by atoms with Crippen LogP contribution in [0.3, 0.4) is 0 Å². The largest absolute Gasteiger partial charge is 0.398 e. The smallest absolute Gasteiger partial charge is 0.0449 e. The fraction of sp³-hybridized carbons (Fsp3) is 0.143. The molecule has 2 N–H and O–H groups in total. The molecular weight excluding hydrogens is 196 g/mol. The number of benzene rings is 1. The van der Waals surface area contributed by atoms with Crippen LogP contribution < -0.4 is 5.73 Å². The predicted octanol–water partition coefficient (Wildman–Crippen LogP) is 1.86. The van der Waals surface area contributed by atoms with Gasteiger partial charge in [-0.25, -0.2) is 0 Å². The van der Waals surface area contributed by atoms with Crippen molar-refractivity contribution in [2.24, 2.45) is 0 Å². The molecule has 0 saturated carbocycles. The maximum atomic E-state index is 5.51. The van der Waals surface area contributed by atoms with Crippen molar-refractivity contribution in [1.29, 1.82) is 0 Å². The number of anilines is 1. The molecule has 0 atom stereocenters. The second kappa shape index (κ2) is 3.99. The first-order valence-electron chi connectivity index (χ1n) is 2.75. The first-order chi connectivity index (χ1) is 4.20. The van der Waals surface area contributed by atoms with Crippen LogP contribution in [0.15, 0.2) is 23.1 Å². The van der Waals surface area contributed by atoms with Gasteiger partial charge in [-0.1, -0.05) is 6.07 Å². The molecule has 10 heavy (non-hydrogen) atoms. The van der Waals surface area contributed by atoms with E-state index in [-0.39, 0.29) is 19.5 Å². The van der Waals surface area contributed by atoms with Gasteiger partial charge in [-0.2, -0.15) is 0 Å². The number of nitrogen functional groups attached to an aromatic ring is 1. The van der Waals surface area contributed by atoms with Crippen molar-refractivity contribution in [3.8, 4) is 0 Å². The zero-order chi connectivity index (χ0) is 6.85. The quantitative estimate of drug-likeness (QED) is 0.377. The van der Waals surface area contributed by atoms with E-state index in [1.165, 1.54) is 5.56 Å². The maximum Gasteiger partial charge on any atom is 0.0449 e. The normalized spacial score (nSPS) is 8.60. The third kappa shape index (κ3) is 2.32. The van der Waals surface area contributed by atoms with Crippen LogP contribution in [0.25, 0.3) is 0 Å². The van der Waals surface area contributed by atoms with Crippen molar-refractivity contribution in [3.63, 3.8) is 0 Å². The molecule has 1 aromatic carbocycles. The zero-order valence-corrected chi connectivity index (χ0v) is 9.83. The topological polar surface area (TPSA) is 26.0 Å². The molecule has 0 radical (unpaired) electrons. The van der Waals surface area contributed by atoms with Crippen molar-refractivity contribution in [3.05, 3.63) is 23.8 Å². The van der Waals surface area contributed by atoms with E-state index in [0.29, 0.717) is 0 Å². The van der Waals surface area contributed by atoms with Gasteiger partial charge in [0.15, 0.2) is 0 Å². The van der Waals surface area contributed by atoms with Crippen molar-refractivity contribution < 1.29 is 19.5 Å². The van der Waals surface area contributed by atoms with Crippen LogP contribution in [0, 0.1) is 6.92 Å². The van der Waals surface area contributed by atoms with Gasteiger partial charge < -0.3 is 5.73 Å². The summed E-state index contributed by atoms with van der Waals surface area (Å²) in [6.45, 7) is 2.01. The number of hydrogen-bond acceptors (Lipinski definition) is 2. The molecule has 3 heteroatoms. The minimum absolute atomic E-state index is 0. The van der Waals surface area contributed by atoms with Crippen LogP contribution >= 0.6 is 12.6 Å². The fourth-order valence-corrected chi connectivity index (χ4v) is 0.932. The average Bonchev–Trinajstić information content (AvgIpc) is 1.80. The molecule has 0 heterocycles. The van der Waals surface area contributed by atoms with Gasteiger partial charge in [0.25, 0.3) is 0 Å². The van der Waals surface area contributed by atoms with E-state index in [2.05, 4.69) is 12.6 Å². The van der Waals surface area contributed by atoms with Gasteiger partial charge in [-0.15, -0.1) is 12.6 Å². The summed E-state index contributed by atoms with van der Waals surface area (Å²) in [4.78, 5) is 0.856. The molecule has 0 amide bonds. The van der Waals surface area contributed by atoms with E-state index in [9.17, 15) is 0 Å².